The fraction of sp³-hybridized carbons (Fsp3) is 0.400. The third kappa shape index (κ3) is 4.27. The van der Waals surface area contributed by atoms with Gasteiger partial charge in [-0.3, -0.25) is 4.90 Å². The number of rotatable bonds is 5. The zero-order chi connectivity index (χ0) is 20.3. The first-order valence-electron chi connectivity index (χ1n) is 8.96. The van der Waals surface area contributed by atoms with Crippen molar-refractivity contribution in [2.45, 2.75) is 26.4 Å². The van der Waals surface area contributed by atoms with Crippen molar-refractivity contribution in [3.8, 4) is 5.75 Å². The molecule has 0 aliphatic carbocycles. The Hall–Kier alpha value is -3.03. The van der Waals surface area contributed by atoms with Crippen LogP contribution in [0.1, 0.15) is 20.8 Å². The second-order valence-electron chi connectivity index (χ2n) is 7.31. The number of alkyl halides is 1. The van der Waals surface area contributed by atoms with E-state index in [-0.39, 0.29) is 6.54 Å². The highest BCUT2D eigenvalue weighted by Crippen LogP contribution is 2.33. The number of halogens is 1. The molecule has 7 nitrogen and oxygen atoms in total. The van der Waals surface area contributed by atoms with E-state index in [1.54, 1.807) is 46.2 Å². The molecule has 0 radical (unpaired) electrons. The van der Waals surface area contributed by atoms with E-state index >= 15 is 0 Å². The number of anilines is 2. The van der Waals surface area contributed by atoms with Crippen LogP contribution in [0, 0.1) is 0 Å². The maximum absolute atomic E-state index is 13.1. The molecule has 3 rings (SSSR count). The van der Waals surface area contributed by atoms with E-state index < -0.39 is 18.4 Å². The fourth-order valence-electron chi connectivity index (χ4n) is 2.88. The van der Waals surface area contributed by atoms with Crippen molar-refractivity contribution in [1.29, 1.82) is 0 Å². The molecule has 0 saturated carbocycles. The molecule has 1 aliphatic rings. The van der Waals surface area contributed by atoms with Crippen molar-refractivity contribution >= 4 is 29.7 Å². The standard InChI is InChI=1S/C20H24FN3O4/c1-20(2,3)27-19(25)24(10-8-21)15-5-6-16(18(11-15)26-4)23-9-7-17-14(13-23)12-22-28-17/h5-7,11-13H,8-10H2,1-4H3. The number of fused-ring (bicyclic) bond motifs is 1. The number of carbonyl (C=O) groups excluding carboxylic acids is 1. The first-order chi connectivity index (χ1) is 13.3. The Balaban J connectivity index is 1.92. The molecule has 1 aromatic carbocycles. The molecule has 8 heteroatoms. The lowest BCUT2D eigenvalue weighted by atomic mass is 10.2. The van der Waals surface area contributed by atoms with Gasteiger partial charge in [-0.05, 0) is 39.0 Å². The van der Waals surface area contributed by atoms with E-state index in [0.717, 1.165) is 16.3 Å². The molecule has 0 saturated heterocycles. The summed E-state index contributed by atoms with van der Waals surface area (Å²) in [6.07, 6.45) is 4.87. The number of benzene rings is 1. The van der Waals surface area contributed by atoms with Crippen molar-refractivity contribution in [3.63, 3.8) is 0 Å². The molecule has 1 amide bonds. The Bertz CT molecular complexity index is 965. The lowest BCUT2D eigenvalue weighted by Gasteiger charge is -2.28. The minimum absolute atomic E-state index is 0.106. The monoisotopic (exact) mass is 389 g/mol. The Morgan fingerprint density at radius 2 is 2.18 bits per heavy atom. The highest BCUT2D eigenvalue weighted by molar-refractivity contribution is 5.89. The molecule has 0 unspecified atom stereocenters. The van der Waals surface area contributed by atoms with Crippen LogP contribution in [-0.2, 0) is 4.74 Å². The number of hydrogen-bond acceptors (Lipinski definition) is 6. The van der Waals surface area contributed by atoms with Gasteiger partial charge in [0.05, 0.1) is 36.4 Å². The summed E-state index contributed by atoms with van der Waals surface area (Å²) in [6, 6.07) is 5.27. The van der Waals surface area contributed by atoms with E-state index in [0.29, 0.717) is 18.0 Å². The van der Waals surface area contributed by atoms with Crippen LogP contribution in [0.15, 0.2) is 28.9 Å². The molecule has 0 atom stereocenters. The molecule has 2 aromatic rings. The topological polar surface area (TPSA) is 68.0 Å². The molecule has 28 heavy (non-hydrogen) atoms. The van der Waals surface area contributed by atoms with Gasteiger partial charge >= 0.3 is 6.09 Å². The summed E-state index contributed by atoms with van der Waals surface area (Å²) in [6.45, 7) is 5.09. The Kier molecular flexibility index (Phi) is 5.58. The van der Waals surface area contributed by atoms with Gasteiger partial charge in [0.2, 0.25) is 0 Å². The molecule has 2 heterocycles. The molecular formula is C20H24FN3O4. The summed E-state index contributed by atoms with van der Waals surface area (Å²) in [5.74, 6) is 0.550. The van der Waals surface area contributed by atoms with Crippen LogP contribution >= 0.6 is 0 Å². The highest BCUT2D eigenvalue weighted by Gasteiger charge is 2.24. The van der Waals surface area contributed by atoms with E-state index in [9.17, 15) is 9.18 Å². The largest absolute Gasteiger partial charge is 0.494 e. The molecule has 1 aliphatic heterocycles. The zero-order valence-electron chi connectivity index (χ0n) is 16.4. The van der Waals surface area contributed by atoms with Crippen molar-refractivity contribution in [2.75, 3.05) is 36.7 Å². The van der Waals surface area contributed by atoms with Crippen LogP contribution in [0.2, 0.25) is 0 Å². The van der Waals surface area contributed by atoms with Crippen LogP contribution in [0.3, 0.4) is 0 Å². The van der Waals surface area contributed by atoms with Gasteiger partial charge in [0, 0.05) is 18.8 Å². The van der Waals surface area contributed by atoms with Crippen LogP contribution in [0.4, 0.5) is 20.6 Å². The van der Waals surface area contributed by atoms with Crippen molar-refractivity contribution in [3.05, 3.63) is 35.0 Å². The van der Waals surface area contributed by atoms with E-state index in [1.165, 1.54) is 4.90 Å². The number of methoxy groups -OCH3 is 1. The minimum atomic E-state index is -0.686. The number of carbonyl (C=O) groups is 1. The van der Waals surface area contributed by atoms with Gasteiger partial charge in [0.1, 0.15) is 18.0 Å². The normalized spacial score (nSPS) is 13.2. The van der Waals surface area contributed by atoms with Gasteiger partial charge in [0.15, 0.2) is 5.42 Å². The van der Waals surface area contributed by atoms with Gasteiger partial charge in [-0.25, -0.2) is 9.18 Å². The number of ether oxygens (including phenoxy) is 2. The lowest BCUT2D eigenvalue weighted by molar-refractivity contribution is 0.0578. The second kappa shape index (κ2) is 7.92. The Morgan fingerprint density at radius 3 is 2.86 bits per heavy atom. The zero-order valence-corrected chi connectivity index (χ0v) is 16.4. The van der Waals surface area contributed by atoms with Gasteiger partial charge in [-0.15, -0.1) is 0 Å². The summed E-state index contributed by atoms with van der Waals surface area (Å²) >= 11 is 0. The maximum Gasteiger partial charge on any atom is 0.414 e. The van der Waals surface area contributed by atoms with Crippen LogP contribution < -0.4 is 25.2 Å². The van der Waals surface area contributed by atoms with Gasteiger partial charge < -0.3 is 18.9 Å². The second-order valence-corrected chi connectivity index (χ2v) is 7.31. The van der Waals surface area contributed by atoms with E-state index in [4.69, 9.17) is 14.0 Å². The minimum Gasteiger partial charge on any atom is -0.494 e. The smallest absolute Gasteiger partial charge is 0.414 e. The quantitative estimate of drug-likeness (QED) is 0.783. The summed E-state index contributed by atoms with van der Waals surface area (Å²) in [4.78, 5) is 15.7. The highest BCUT2D eigenvalue weighted by atomic mass is 19.1. The number of hydrogen-bond donors (Lipinski definition) is 0. The summed E-state index contributed by atoms with van der Waals surface area (Å²) in [5.41, 5.74) is 1.36. The number of aromatic nitrogens is 1. The molecule has 0 bridgehead atoms. The summed E-state index contributed by atoms with van der Waals surface area (Å²) in [7, 11) is 1.55. The Morgan fingerprint density at radius 1 is 1.39 bits per heavy atom. The van der Waals surface area contributed by atoms with Gasteiger partial charge in [-0.2, -0.15) is 0 Å². The lowest BCUT2D eigenvalue weighted by Crippen LogP contribution is -2.38. The molecule has 1 aromatic heterocycles. The van der Waals surface area contributed by atoms with Crippen LogP contribution in [0.5, 0.6) is 5.75 Å². The van der Waals surface area contributed by atoms with Gasteiger partial charge in [0.25, 0.3) is 0 Å². The molecular weight excluding hydrogens is 365 g/mol. The first kappa shape index (κ1) is 19.7. The summed E-state index contributed by atoms with van der Waals surface area (Å²) in [5, 5.41) is 4.66. The number of nitrogens with zero attached hydrogens (tertiary/aromatic N) is 3. The molecule has 0 N–H and O–H groups in total. The predicted molar refractivity (Wildman–Crippen MR) is 105 cm³/mol. The van der Waals surface area contributed by atoms with Crippen LogP contribution in [-0.4, -0.2) is 43.7 Å². The predicted octanol–water partition coefficient (Wildman–Crippen LogP) is 2.43. The average Bonchev–Trinajstić information content (AvgIpc) is 3.11. The van der Waals surface area contributed by atoms with Gasteiger partial charge in [-0.1, -0.05) is 5.16 Å². The van der Waals surface area contributed by atoms with Crippen molar-refractivity contribution in [2.24, 2.45) is 0 Å². The first-order valence-corrected chi connectivity index (χ1v) is 8.96. The molecule has 150 valence electrons. The average molecular weight is 389 g/mol. The van der Waals surface area contributed by atoms with E-state index in [2.05, 4.69) is 5.16 Å². The Labute approximate surface area is 162 Å². The van der Waals surface area contributed by atoms with E-state index in [1.807, 2.05) is 23.2 Å². The molecule has 0 spiro atoms. The summed E-state index contributed by atoms with van der Waals surface area (Å²) < 4.78 is 29.2. The van der Waals surface area contributed by atoms with Crippen molar-refractivity contribution < 1.29 is 23.2 Å². The third-order valence-corrected chi connectivity index (χ3v) is 4.10. The van der Waals surface area contributed by atoms with Crippen molar-refractivity contribution in [1.82, 2.24) is 5.16 Å². The van der Waals surface area contributed by atoms with Crippen LogP contribution in [0.25, 0.3) is 12.3 Å². The maximum atomic E-state index is 13.1. The number of amides is 1. The third-order valence-electron chi connectivity index (χ3n) is 4.10. The SMILES string of the molecule is COc1cc(N(CCF)C(=O)OC(C)(C)C)ccc1N1C=c2cnoc2=CC1. The fourth-order valence-corrected chi connectivity index (χ4v) is 2.88. The molecule has 0 fully saturated rings.